The molecule has 2 nitrogen and oxygen atoms in total. The molecule has 2 saturated carbocycles. The summed E-state index contributed by atoms with van der Waals surface area (Å²) in [6, 6.07) is 11.0. The van der Waals surface area contributed by atoms with E-state index in [2.05, 4.69) is 43.8 Å². The molecule has 0 saturated heterocycles. The van der Waals surface area contributed by atoms with Gasteiger partial charge in [0.25, 0.3) is 0 Å². The molecule has 4 N–H and O–H groups in total. The monoisotopic (exact) mass is 348 g/mol. The summed E-state index contributed by atoms with van der Waals surface area (Å²) in [5.74, 6) is 1.09. The van der Waals surface area contributed by atoms with Gasteiger partial charge in [-0.2, -0.15) is 0 Å². The molecule has 0 radical (unpaired) electrons. The van der Waals surface area contributed by atoms with Gasteiger partial charge in [-0.25, -0.2) is 0 Å². The van der Waals surface area contributed by atoms with E-state index in [4.69, 9.17) is 5.73 Å². The third kappa shape index (κ3) is 14.0. The SMILES string of the molecule is CCC1CCCCC1.CCc1ccccc1.CN.NC1CCCCC1. The highest BCUT2D eigenvalue weighted by Crippen LogP contribution is 2.25. The van der Waals surface area contributed by atoms with Crippen LogP contribution >= 0.6 is 0 Å². The molecule has 0 unspecified atom stereocenters. The highest BCUT2D eigenvalue weighted by molar-refractivity contribution is 5.13. The fraction of sp³-hybridized carbons (Fsp3) is 0.739. The molecule has 0 amide bonds. The smallest absolute Gasteiger partial charge is 0.00388 e. The van der Waals surface area contributed by atoms with Gasteiger partial charge in [-0.3, -0.25) is 0 Å². The predicted octanol–water partition coefficient (Wildman–Crippen LogP) is 6.08. The Morgan fingerprint density at radius 3 is 1.52 bits per heavy atom. The maximum absolute atomic E-state index is 5.63. The van der Waals surface area contributed by atoms with Gasteiger partial charge in [0, 0.05) is 6.04 Å². The highest BCUT2D eigenvalue weighted by atomic mass is 14.6. The topological polar surface area (TPSA) is 52.0 Å². The summed E-state index contributed by atoms with van der Waals surface area (Å²) in [6.07, 6.45) is 16.7. The first kappa shape index (κ1) is 24.1. The Bertz CT molecular complexity index is 352. The van der Waals surface area contributed by atoms with Crippen LogP contribution in [0.1, 0.15) is 90.0 Å². The van der Waals surface area contributed by atoms with Gasteiger partial charge in [-0.05, 0) is 37.8 Å². The minimum atomic E-state index is 0.536. The number of hydrogen-bond donors (Lipinski definition) is 2. The Kier molecular flexibility index (Phi) is 17.3. The average molecular weight is 349 g/mol. The molecule has 0 aromatic heterocycles. The van der Waals surface area contributed by atoms with E-state index in [1.54, 1.807) is 0 Å². The molecule has 2 aliphatic rings. The first-order valence-electron chi connectivity index (χ1n) is 10.6. The maximum Gasteiger partial charge on any atom is 0.00388 e. The molecule has 2 aliphatic carbocycles. The third-order valence-corrected chi connectivity index (χ3v) is 5.20. The molecular formula is C23H44N2. The summed E-state index contributed by atoms with van der Waals surface area (Å²) in [5, 5.41) is 0. The van der Waals surface area contributed by atoms with Crippen molar-refractivity contribution in [2.24, 2.45) is 17.4 Å². The fourth-order valence-electron chi connectivity index (χ4n) is 3.44. The van der Waals surface area contributed by atoms with Crippen molar-refractivity contribution in [1.82, 2.24) is 0 Å². The summed E-state index contributed by atoms with van der Waals surface area (Å²) in [4.78, 5) is 0. The summed E-state index contributed by atoms with van der Waals surface area (Å²) in [5.41, 5.74) is 11.5. The van der Waals surface area contributed by atoms with Crippen molar-refractivity contribution in [3.63, 3.8) is 0 Å². The lowest BCUT2D eigenvalue weighted by Gasteiger charge is -2.18. The van der Waals surface area contributed by atoms with Crippen LogP contribution < -0.4 is 11.5 Å². The Morgan fingerprint density at radius 1 is 0.760 bits per heavy atom. The Labute approximate surface area is 157 Å². The van der Waals surface area contributed by atoms with Crippen LogP contribution in [0.5, 0.6) is 0 Å². The lowest BCUT2D eigenvalue weighted by Crippen LogP contribution is -2.22. The molecule has 0 aliphatic heterocycles. The summed E-state index contributed by atoms with van der Waals surface area (Å²) in [7, 11) is 1.50. The zero-order valence-corrected chi connectivity index (χ0v) is 17.2. The highest BCUT2D eigenvalue weighted by Gasteiger charge is 2.09. The van der Waals surface area contributed by atoms with Crippen molar-refractivity contribution in [3.8, 4) is 0 Å². The Balaban J connectivity index is 0.000000330. The molecule has 2 fully saturated rings. The van der Waals surface area contributed by atoms with Crippen LogP contribution in [0.25, 0.3) is 0 Å². The van der Waals surface area contributed by atoms with Crippen molar-refractivity contribution >= 4 is 0 Å². The zero-order valence-electron chi connectivity index (χ0n) is 17.2. The molecule has 0 atom stereocenters. The molecule has 2 heteroatoms. The van der Waals surface area contributed by atoms with Gasteiger partial charge in [0.1, 0.15) is 0 Å². The van der Waals surface area contributed by atoms with Crippen LogP contribution in [0.4, 0.5) is 0 Å². The Hall–Kier alpha value is -0.860. The standard InChI is InChI=1S/C8H16.C8H10.C6H13N.CH5N/c2*1-2-8-6-4-3-5-7-8;7-6-4-2-1-3-5-6;1-2/h8H,2-7H2,1H3;3-7H,2H2,1H3;6H,1-5,7H2;2H2,1H3. The first-order valence-corrected chi connectivity index (χ1v) is 10.6. The van der Waals surface area contributed by atoms with E-state index in [0.717, 1.165) is 12.3 Å². The lowest BCUT2D eigenvalue weighted by atomic mass is 9.88. The quantitative estimate of drug-likeness (QED) is 0.680. The molecule has 146 valence electrons. The number of hydrogen-bond acceptors (Lipinski definition) is 2. The van der Waals surface area contributed by atoms with E-state index in [-0.39, 0.29) is 0 Å². The van der Waals surface area contributed by atoms with Gasteiger partial charge in [0.05, 0.1) is 0 Å². The largest absolute Gasteiger partial charge is 0.333 e. The molecule has 3 rings (SSSR count). The first-order chi connectivity index (χ1) is 12.3. The predicted molar refractivity (Wildman–Crippen MR) is 114 cm³/mol. The van der Waals surface area contributed by atoms with Crippen LogP contribution in [-0.4, -0.2) is 13.1 Å². The van der Waals surface area contributed by atoms with Crippen molar-refractivity contribution in [1.29, 1.82) is 0 Å². The molecule has 0 bridgehead atoms. The summed E-state index contributed by atoms with van der Waals surface area (Å²) in [6.45, 7) is 4.48. The van der Waals surface area contributed by atoms with Crippen molar-refractivity contribution in [3.05, 3.63) is 35.9 Å². The van der Waals surface area contributed by atoms with E-state index < -0.39 is 0 Å². The second-order valence-corrected chi connectivity index (χ2v) is 7.15. The van der Waals surface area contributed by atoms with Crippen LogP contribution in [0.3, 0.4) is 0 Å². The van der Waals surface area contributed by atoms with Crippen molar-refractivity contribution < 1.29 is 0 Å². The number of aryl methyl sites for hydroxylation is 1. The molecule has 0 spiro atoms. The second kappa shape index (κ2) is 17.9. The van der Waals surface area contributed by atoms with Gasteiger partial charge in [-0.15, -0.1) is 0 Å². The van der Waals surface area contributed by atoms with Gasteiger partial charge in [0.15, 0.2) is 0 Å². The van der Waals surface area contributed by atoms with E-state index in [1.807, 2.05) is 6.07 Å². The Morgan fingerprint density at radius 2 is 1.24 bits per heavy atom. The maximum atomic E-state index is 5.63. The van der Waals surface area contributed by atoms with Gasteiger partial charge in [0.2, 0.25) is 0 Å². The molecule has 1 aromatic carbocycles. The minimum absolute atomic E-state index is 0.536. The van der Waals surface area contributed by atoms with Crippen LogP contribution in [0.2, 0.25) is 0 Å². The number of nitrogens with two attached hydrogens (primary N) is 2. The number of benzene rings is 1. The fourth-order valence-corrected chi connectivity index (χ4v) is 3.44. The number of rotatable bonds is 2. The third-order valence-electron chi connectivity index (χ3n) is 5.20. The average Bonchev–Trinajstić information content (AvgIpc) is 2.72. The normalized spacial score (nSPS) is 17.8. The van der Waals surface area contributed by atoms with Gasteiger partial charge >= 0.3 is 0 Å². The molecule has 0 heterocycles. The van der Waals surface area contributed by atoms with Crippen molar-refractivity contribution in [2.45, 2.75) is 96.9 Å². The van der Waals surface area contributed by atoms with Crippen LogP contribution in [-0.2, 0) is 6.42 Å². The molecular weight excluding hydrogens is 304 g/mol. The van der Waals surface area contributed by atoms with Gasteiger partial charge < -0.3 is 11.5 Å². The van der Waals surface area contributed by atoms with E-state index in [0.29, 0.717) is 6.04 Å². The lowest BCUT2D eigenvalue weighted by molar-refractivity contribution is 0.349. The molecule has 25 heavy (non-hydrogen) atoms. The van der Waals surface area contributed by atoms with Gasteiger partial charge in [-0.1, -0.05) is 102 Å². The van der Waals surface area contributed by atoms with E-state index >= 15 is 0 Å². The van der Waals surface area contributed by atoms with Crippen LogP contribution in [0.15, 0.2) is 30.3 Å². The van der Waals surface area contributed by atoms with E-state index in [9.17, 15) is 0 Å². The minimum Gasteiger partial charge on any atom is -0.333 e. The van der Waals surface area contributed by atoms with Crippen molar-refractivity contribution in [2.75, 3.05) is 7.05 Å². The second-order valence-electron chi connectivity index (χ2n) is 7.15. The summed E-state index contributed by atoms with van der Waals surface area (Å²) < 4.78 is 0. The molecule has 1 aromatic rings. The van der Waals surface area contributed by atoms with Crippen LogP contribution in [0, 0.1) is 5.92 Å². The van der Waals surface area contributed by atoms with E-state index in [1.165, 1.54) is 83.2 Å². The summed E-state index contributed by atoms with van der Waals surface area (Å²) >= 11 is 0. The zero-order chi connectivity index (χ0) is 18.8.